The zero-order valence-corrected chi connectivity index (χ0v) is 9.66. The van der Waals surface area contributed by atoms with Crippen LogP contribution in [0.2, 0.25) is 0 Å². The molecule has 1 aromatic heterocycles. The molecule has 4 heteroatoms. The van der Waals surface area contributed by atoms with Crippen molar-refractivity contribution in [1.82, 2.24) is 9.88 Å². The van der Waals surface area contributed by atoms with E-state index in [1.807, 2.05) is 0 Å². The van der Waals surface area contributed by atoms with Gasteiger partial charge in [0.15, 0.2) is 0 Å². The molecule has 88 valence electrons. The Morgan fingerprint density at radius 2 is 2.29 bits per heavy atom. The fourth-order valence-corrected chi connectivity index (χ4v) is 2.49. The summed E-state index contributed by atoms with van der Waals surface area (Å²) in [5.74, 6) is 0. The van der Waals surface area contributed by atoms with Gasteiger partial charge in [0.1, 0.15) is 0 Å². The SMILES string of the molecule is Cc1ccc2[nH]c3c(c2c1)CN(C(=O)O)CC3. The van der Waals surface area contributed by atoms with Gasteiger partial charge in [-0.3, -0.25) is 0 Å². The molecule has 2 heterocycles. The lowest BCUT2D eigenvalue weighted by Gasteiger charge is -2.24. The van der Waals surface area contributed by atoms with Crippen molar-refractivity contribution in [1.29, 1.82) is 0 Å². The van der Waals surface area contributed by atoms with Gasteiger partial charge in [-0.05, 0) is 19.1 Å². The van der Waals surface area contributed by atoms with Crippen molar-refractivity contribution < 1.29 is 9.90 Å². The van der Waals surface area contributed by atoms with Crippen LogP contribution in [-0.2, 0) is 13.0 Å². The van der Waals surface area contributed by atoms with Crippen molar-refractivity contribution in [2.75, 3.05) is 6.54 Å². The first-order valence-corrected chi connectivity index (χ1v) is 5.73. The van der Waals surface area contributed by atoms with Crippen molar-refractivity contribution in [3.8, 4) is 0 Å². The molecule has 0 spiro atoms. The average Bonchev–Trinajstić information content (AvgIpc) is 2.66. The topological polar surface area (TPSA) is 56.3 Å². The maximum absolute atomic E-state index is 11.0. The Balaban J connectivity index is 2.13. The highest BCUT2D eigenvalue weighted by molar-refractivity contribution is 5.86. The Bertz CT molecular complexity index is 601. The number of hydrogen-bond donors (Lipinski definition) is 2. The lowest BCUT2D eigenvalue weighted by Crippen LogP contribution is -2.34. The van der Waals surface area contributed by atoms with Gasteiger partial charge in [-0.25, -0.2) is 4.79 Å². The molecule has 0 atom stereocenters. The third kappa shape index (κ3) is 1.56. The number of aromatic amines is 1. The quantitative estimate of drug-likeness (QED) is 0.730. The third-order valence-electron chi connectivity index (χ3n) is 3.40. The molecule has 2 aromatic rings. The van der Waals surface area contributed by atoms with Crippen molar-refractivity contribution in [2.45, 2.75) is 19.9 Å². The minimum Gasteiger partial charge on any atom is -0.465 e. The first kappa shape index (κ1) is 10.2. The highest BCUT2D eigenvalue weighted by Crippen LogP contribution is 2.28. The minimum atomic E-state index is -0.836. The number of nitrogens with zero attached hydrogens (tertiary/aromatic N) is 1. The molecule has 1 aliphatic heterocycles. The molecule has 1 aromatic carbocycles. The summed E-state index contributed by atoms with van der Waals surface area (Å²) in [7, 11) is 0. The number of fused-ring (bicyclic) bond motifs is 3. The maximum Gasteiger partial charge on any atom is 0.407 e. The molecule has 2 N–H and O–H groups in total. The van der Waals surface area contributed by atoms with Crippen LogP contribution in [0.4, 0.5) is 4.79 Å². The molecule has 0 fully saturated rings. The summed E-state index contributed by atoms with van der Waals surface area (Å²) in [4.78, 5) is 15.9. The Morgan fingerprint density at radius 1 is 1.47 bits per heavy atom. The van der Waals surface area contributed by atoms with E-state index in [-0.39, 0.29) is 0 Å². The van der Waals surface area contributed by atoms with E-state index >= 15 is 0 Å². The van der Waals surface area contributed by atoms with E-state index in [1.165, 1.54) is 16.2 Å². The Hall–Kier alpha value is -1.97. The summed E-state index contributed by atoms with van der Waals surface area (Å²) in [6.07, 6.45) is -0.0623. The fraction of sp³-hybridized carbons (Fsp3) is 0.308. The van der Waals surface area contributed by atoms with E-state index in [9.17, 15) is 4.79 Å². The number of aryl methyl sites for hydroxylation is 1. The normalized spacial score (nSPS) is 15.0. The van der Waals surface area contributed by atoms with Gasteiger partial charge >= 0.3 is 6.09 Å². The van der Waals surface area contributed by atoms with E-state index < -0.39 is 6.09 Å². The van der Waals surface area contributed by atoms with Crippen molar-refractivity contribution >= 4 is 17.0 Å². The lowest BCUT2D eigenvalue weighted by molar-refractivity contribution is 0.140. The third-order valence-corrected chi connectivity index (χ3v) is 3.40. The smallest absolute Gasteiger partial charge is 0.407 e. The average molecular weight is 230 g/mol. The molecule has 0 radical (unpaired) electrons. The predicted octanol–water partition coefficient (Wildman–Crippen LogP) is 2.51. The molecule has 4 nitrogen and oxygen atoms in total. The fourth-order valence-electron chi connectivity index (χ4n) is 2.49. The van der Waals surface area contributed by atoms with E-state index in [0.29, 0.717) is 13.1 Å². The molecule has 3 rings (SSSR count). The van der Waals surface area contributed by atoms with Gasteiger partial charge in [0.05, 0.1) is 6.54 Å². The molecule has 0 unspecified atom stereocenters. The van der Waals surface area contributed by atoms with Crippen LogP contribution in [-0.4, -0.2) is 27.6 Å². The van der Waals surface area contributed by atoms with Gasteiger partial charge in [-0.15, -0.1) is 0 Å². The van der Waals surface area contributed by atoms with E-state index in [0.717, 1.165) is 22.9 Å². The van der Waals surface area contributed by atoms with Crippen LogP contribution in [0.15, 0.2) is 18.2 Å². The van der Waals surface area contributed by atoms with Crippen LogP contribution in [0.3, 0.4) is 0 Å². The highest BCUT2D eigenvalue weighted by atomic mass is 16.4. The number of carbonyl (C=O) groups is 1. The van der Waals surface area contributed by atoms with Gasteiger partial charge in [0.2, 0.25) is 0 Å². The first-order chi connectivity index (χ1) is 8.15. The van der Waals surface area contributed by atoms with Crippen LogP contribution < -0.4 is 0 Å². The van der Waals surface area contributed by atoms with Crippen LogP contribution in [0.25, 0.3) is 10.9 Å². The zero-order chi connectivity index (χ0) is 12.0. The number of aromatic nitrogens is 1. The van der Waals surface area contributed by atoms with Gasteiger partial charge < -0.3 is 15.0 Å². The second-order valence-electron chi connectivity index (χ2n) is 4.59. The number of rotatable bonds is 0. The number of carboxylic acid groups (broad SMARTS) is 1. The molecule has 1 amide bonds. The van der Waals surface area contributed by atoms with Crippen molar-refractivity contribution in [3.63, 3.8) is 0 Å². The Morgan fingerprint density at radius 3 is 3.06 bits per heavy atom. The summed E-state index contributed by atoms with van der Waals surface area (Å²) < 4.78 is 0. The standard InChI is InChI=1S/C13H14N2O2/c1-8-2-3-11-9(6-8)10-7-15(13(16)17)5-4-12(10)14-11/h2-3,6,14H,4-5,7H2,1H3,(H,16,17). The number of amides is 1. The summed E-state index contributed by atoms with van der Waals surface area (Å²) >= 11 is 0. The summed E-state index contributed by atoms with van der Waals surface area (Å²) in [5.41, 5.74) is 4.63. The molecule has 0 saturated heterocycles. The zero-order valence-electron chi connectivity index (χ0n) is 9.66. The summed E-state index contributed by atoms with van der Waals surface area (Å²) in [6, 6.07) is 6.25. The molecule has 0 bridgehead atoms. The molecular formula is C13H14N2O2. The van der Waals surface area contributed by atoms with Crippen molar-refractivity contribution in [2.24, 2.45) is 0 Å². The monoisotopic (exact) mass is 230 g/mol. The minimum absolute atomic E-state index is 0.494. The van der Waals surface area contributed by atoms with Gasteiger partial charge in [0.25, 0.3) is 0 Å². The second-order valence-corrected chi connectivity index (χ2v) is 4.59. The number of benzene rings is 1. The largest absolute Gasteiger partial charge is 0.465 e. The predicted molar refractivity (Wildman–Crippen MR) is 65.2 cm³/mol. The summed E-state index contributed by atoms with van der Waals surface area (Å²) in [5, 5.41) is 10.2. The number of nitrogens with one attached hydrogen (secondary N) is 1. The molecule has 0 saturated carbocycles. The van der Waals surface area contributed by atoms with Gasteiger partial charge in [-0.2, -0.15) is 0 Å². The van der Waals surface area contributed by atoms with E-state index in [2.05, 4.69) is 30.1 Å². The Labute approximate surface area is 98.9 Å². The van der Waals surface area contributed by atoms with E-state index in [1.54, 1.807) is 0 Å². The highest BCUT2D eigenvalue weighted by Gasteiger charge is 2.23. The first-order valence-electron chi connectivity index (χ1n) is 5.73. The Kier molecular flexibility index (Phi) is 2.11. The molecular weight excluding hydrogens is 216 g/mol. The van der Waals surface area contributed by atoms with Crippen LogP contribution in [0.5, 0.6) is 0 Å². The van der Waals surface area contributed by atoms with Crippen LogP contribution in [0.1, 0.15) is 16.8 Å². The molecule has 0 aliphatic carbocycles. The lowest BCUT2D eigenvalue weighted by atomic mass is 10.0. The van der Waals surface area contributed by atoms with Gasteiger partial charge in [-0.1, -0.05) is 11.6 Å². The van der Waals surface area contributed by atoms with Crippen LogP contribution in [0, 0.1) is 6.92 Å². The van der Waals surface area contributed by atoms with Crippen LogP contribution >= 0.6 is 0 Å². The second kappa shape index (κ2) is 3.52. The number of hydrogen-bond acceptors (Lipinski definition) is 1. The molecule has 1 aliphatic rings. The van der Waals surface area contributed by atoms with Crippen molar-refractivity contribution in [3.05, 3.63) is 35.0 Å². The number of H-pyrrole nitrogens is 1. The summed E-state index contributed by atoms with van der Waals surface area (Å²) in [6.45, 7) is 3.12. The molecule has 17 heavy (non-hydrogen) atoms. The van der Waals surface area contributed by atoms with Gasteiger partial charge in [0, 0.05) is 35.1 Å². The maximum atomic E-state index is 11.0. The van der Waals surface area contributed by atoms with E-state index in [4.69, 9.17) is 5.11 Å².